The number of likely N-dealkylation sites (N-methyl/N-ethyl adjacent to an activating group) is 2. The van der Waals surface area contributed by atoms with Gasteiger partial charge in [-0.3, -0.25) is 4.79 Å². The average molecular weight is 265 g/mol. The summed E-state index contributed by atoms with van der Waals surface area (Å²) in [5.41, 5.74) is 0.890. The van der Waals surface area contributed by atoms with Gasteiger partial charge in [0, 0.05) is 19.3 Å². The fourth-order valence-corrected chi connectivity index (χ4v) is 1.78. The topological polar surface area (TPSA) is 82.5 Å². The van der Waals surface area contributed by atoms with Crippen LogP contribution in [0.1, 0.15) is 29.8 Å². The van der Waals surface area contributed by atoms with Crippen molar-refractivity contribution in [3.05, 3.63) is 23.4 Å². The number of hydrogen-bond acceptors (Lipinski definition) is 4. The zero-order chi connectivity index (χ0) is 14.4. The Morgan fingerprint density at radius 3 is 2.58 bits per heavy atom. The van der Waals surface area contributed by atoms with E-state index in [1.54, 1.807) is 13.0 Å². The first kappa shape index (κ1) is 14.9. The maximum atomic E-state index is 11.6. The summed E-state index contributed by atoms with van der Waals surface area (Å²) in [6.07, 6.45) is 1.31. The molecule has 1 amide bonds. The number of carbonyl (C=O) groups excluding carboxylic acids is 1. The first-order valence-corrected chi connectivity index (χ1v) is 6.21. The van der Waals surface area contributed by atoms with Crippen molar-refractivity contribution >= 4 is 17.7 Å². The van der Waals surface area contributed by atoms with Gasteiger partial charge in [0.05, 0.1) is 12.1 Å². The fraction of sp³-hybridized carbons (Fsp3) is 0.462. The number of aromatic carboxylic acids is 1. The first-order valence-electron chi connectivity index (χ1n) is 6.21. The third-order valence-corrected chi connectivity index (χ3v) is 2.69. The summed E-state index contributed by atoms with van der Waals surface area (Å²) in [7, 11) is 0. The van der Waals surface area contributed by atoms with Crippen molar-refractivity contribution in [1.82, 2.24) is 10.3 Å². The molecular formula is C13H19N3O3. The minimum Gasteiger partial charge on any atom is -0.478 e. The quantitative estimate of drug-likeness (QED) is 0.803. The van der Waals surface area contributed by atoms with Crippen LogP contribution in [0.4, 0.5) is 5.82 Å². The second kappa shape index (κ2) is 6.72. The summed E-state index contributed by atoms with van der Waals surface area (Å²) in [5.74, 6) is -0.444. The standard InChI is InChI=1S/C13H19N3O3/c1-4-14-11(17)8-16(5-2)12-9(3)6-10(7-15-12)13(18)19/h6-7H,4-5,8H2,1-3H3,(H,14,17)(H,18,19). The Hall–Kier alpha value is -2.11. The molecule has 0 atom stereocenters. The van der Waals surface area contributed by atoms with Crippen LogP contribution >= 0.6 is 0 Å². The van der Waals surface area contributed by atoms with Gasteiger partial charge in [0.1, 0.15) is 5.82 Å². The molecule has 1 aromatic heterocycles. The fourth-order valence-electron chi connectivity index (χ4n) is 1.78. The molecule has 0 aromatic carbocycles. The highest BCUT2D eigenvalue weighted by Crippen LogP contribution is 2.17. The van der Waals surface area contributed by atoms with Crippen LogP contribution in [-0.4, -0.2) is 41.6 Å². The van der Waals surface area contributed by atoms with Crippen LogP contribution < -0.4 is 10.2 Å². The largest absolute Gasteiger partial charge is 0.478 e. The van der Waals surface area contributed by atoms with Crippen LogP contribution in [0.5, 0.6) is 0 Å². The van der Waals surface area contributed by atoms with E-state index in [-0.39, 0.29) is 18.0 Å². The summed E-state index contributed by atoms with van der Waals surface area (Å²) in [4.78, 5) is 28.4. The highest BCUT2D eigenvalue weighted by molar-refractivity contribution is 5.88. The number of carboxylic acid groups (broad SMARTS) is 1. The summed E-state index contributed by atoms with van der Waals surface area (Å²) in [5, 5.41) is 11.6. The van der Waals surface area contributed by atoms with Gasteiger partial charge in [-0.05, 0) is 32.4 Å². The molecule has 0 saturated heterocycles. The molecular weight excluding hydrogens is 246 g/mol. The molecule has 104 valence electrons. The molecule has 1 rings (SSSR count). The maximum absolute atomic E-state index is 11.6. The molecule has 0 aliphatic carbocycles. The number of carboxylic acids is 1. The first-order chi connectivity index (χ1) is 8.99. The van der Waals surface area contributed by atoms with Crippen molar-refractivity contribution in [2.75, 3.05) is 24.5 Å². The number of aromatic nitrogens is 1. The van der Waals surface area contributed by atoms with Crippen LogP contribution in [0.25, 0.3) is 0 Å². The smallest absolute Gasteiger partial charge is 0.337 e. The van der Waals surface area contributed by atoms with Gasteiger partial charge < -0.3 is 15.3 Å². The Morgan fingerprint density at radius 2 is 2.11 bits per heavy atom. The van der Waals surface area contributed by atoms with Crippen molar-refractivity contribution in [2.45, 2.75) is 20.8 Å². The summed E-state index contributed by atoms with van der Waals surface area (Å²) in [6.45, 7) is 6.99. The Bertz CT molecular complexity index is 474. The van der Waals surface area contributed by atoms with Crippen molar-refractivity contribution in [3.63, 3.8) is 0 Å². The number of pyridine rings is 1. The highest BCUT2D eigenvalue weighted by atomic mass is 16.4. The van der Waals surface area contributed by atoms with Gasteiger partial charge in [0.15, 0.2) is 0 Å². The number of rotatable bonds is 6. The highest BCUT2D eigenvalue weighted by Gasteiger charge is 2.14. The second-order valence-corrected chi connectivity index (χ2v) is 4.14. The lowest BCUT2D eigenvalue weighted by Crippen LogP contribution is -2.37. The second-order valence-electron chi connectivity index (χ2n) is 4.14. The number of carbonyl (C=O) groups is 2. The predicted molar refractivity (Wildman–Crippen MR) is 72.5 cm³/mol. The number of nitrogens with one attached hydrogen (secondary N) is 1. The van der Waals surface area contributed by atoms with E-state index in [2.05, 4.69) is 10.3 Å². The van der Waals surface area contributed by atoms with Gasteiger partial charge in [-0.1, -0.05) is 0 Å². The molecule has 2 N–H and O–H groups in total. The summed E-state index contributed by atoms with van der Waals surface area (Å²) in [6, 6.07) is 1.56. The predicted octanol–water partition coefficient (Wildman–Crippen LogP) is 1.05. The summed E-state index contributed by atoms with van der Waals surface area (Å²) < 4.78 is 0. The van der Waals surface area contributed by atoms with Crippen LogP contribution in [0, 0.1) is 6.92 Å². The molecule has 0 spiro atoms. The zero-order valence-electron chi connectivity index (χ0n) is 11.4. The maximum Gasteiger partial charge on any atom is 0.337 e. The van der Waals surface area contributed by atoms with E-state index >= 15 is 0 Å². The van der Waals surface area contributed by atoms with E-state index in [0.717, 1.165) is 5.56 Å². The lowest BCUT2D eigenvalue weighted by Gasteiger charge is -2.23. The summed E-state index contributed by atoms with van der Waals surface area (Å²) >= 11 is 0. The number of amides is 1. The van der Waals surface area contributed by atoms with E-state index in [9.17, 15) is 9.59 Å². The van der Waals surface area contributed by atoms with E-state index in [0.29, 0.717) is 18.9 Å². The monoisotopic (exact) mass is 265 g/mol. The molecule has 0 saturated carbocycles. The normalized spacial score (nSPS) is 10.1. The number of aryl methyl sites for hydroxylation is 1. The van der Waals surface area contributed by atoms with Gasteiger partial charge >= 0.3 is 5.97 Å². The molecule has 6 nitrogen and oxygen atoms in total. The van der Waals surface area contributed by atoms with Crippen LogP contribution in [0.3, 0.4) is 0 Å². The lowest BCUT2D eigenvalue weighted by atomic mass is 10.2. The molecule has 0 fully saturated rings. The Labute approximate surface area is 112 Å². The lowest BCUT2D eigenvalue weighted by molar-refractivity contribution is -0.119. The number of anilines is 1. The zero-order valence-corrected chi connectivity index (χ0v) is 11.4. The van der Waals surface area contributed by atoms with Gasteiger partial charge in [-0.2, -0.15) is 0 Å². The van der Waals surface area contributed by atoms with E-state index in [1.807, 2.05) is 18.7 Å². The van der Waals surface area contributed by atoms with Gasteiger partial charge in [-0.25, -0.2) is 9.78 Å². The van der Waals surface area contributed by atoms with Crippen LogP contribution in [0.2, 0.25) is 0 Å². The van der Waals surface area contributed by atoms with Crippen molar-refractivity contribution in [1.29, 1.82) is 0 Å². The molecule has 0 bridgehead atoms. The van der Waals surface area contributed by atoms with E-state index in [1.165, 1.54) is 6.20 Å². The van der Waals surface area contributed by atoms with Crippen molar-refractivity contribution in [2.24, 2.45) is 0 Å². The number of nitrogens with zero attached hydrogens (tertiary/aromatic N) is 2. The Morgan fingerprint density at radius 1 is 1.42 bits per heavy atom. The molecule has 0 unspecified atom stereocenters. The van der Waals surface area contributed by atoms with Crippen molar-refractivity contribution in [3.8, 4) is 0 Å². The molecule has 0 radical (unpaired) electrons. The average Bonchev–Trinajstić information content (AvgIpc) is 2.36. The number of hydrogen-bond donors (Lipinski definition) is 2. The minimum absolute atomic E-state index is 0.0761. The molecule has 6 heteroatoms. The van der Waals surface area contributed by atoms with E-state index in [4.69, 9.17) is 5.11 Å². The van der Waals surface area contributed by atoms with Gasteiger partial charge in [0.2, 0.25) is 5.91 Å². The van der Waals surface area contributed by atoms with Crippen LogP contribution in [0.15, 0.2) is 12.3 Å². The molecule has 0 aliphatic rings. The molecule has 19 heavy (non-hydrogen) atoms. The van der Waals surface area contributed by atoms with Crippen LogP contribution in [-0.2, 0) is 4.79 Å². The Balaban J connectivity index is 2.92. The third kappa shape index (κ3) is 3.94. The Kier molecular flexibility index (Phi) is 5.29. The molecule has 0 aliphatic heterocycles. The molecule has 1 heterocycles. The van der Waals surface area contributed by atoms with E-state index < -0.39 is 5.97 Å². The SMILES string of the molecule is CCNC(=O)CN(CC)c1ncc(C(=O)O)cc1C. The van der Waals surface area contributed by atoms with Crippen molar-refractivity contribution < 1.29 is 14.7 Å². The van der Waals surface area contributed by atoms with Gasteiger partial charge in [0.25, 0.3) is 0 Å². The van der Waals surface area contributed by atoms with Gasteiger partial charge in [-0.15, -0.1) is 0 Å². The molecule has 1 aromatic rings. The minimum atomic E-state index is -1.01. The third-order valence-electron chi connectivity index (χ3n) is 2.69.